The molecule has 8 nitrogen and oxygen atoms in total. The minimum Gasteiger partial charge on any atom is -0.337 e. The monoisotopic (exact) mass is 295 g/mol. The first kappa shape index (κ1) is 15.4. The number of nitrogens with zero attached hydrogens (tertiary/aromatic N) is 4. The van der Waals surface area contributed by atoms with Gasteiger partial charge in [-0.3, -0.25) is 19.6 Å². The van der Waals surface area contributed by atoms with Crippen LogP contribution in [0.1, 0.15) is 24.7 Å². The molecule has 0 radical (unpaired) electrons. The van der Waals surface area contributed by atoms with Crippen LogP contribution in [0.2, 0.25) is 0 Å². The highest BCUT2D eigenvalue weighted by Gasteiger charge is 2.25. The Bertz CT molecular complexity index is 554. The van der Waals surface area contributed by atoms with Gasteiger partial charge in [-0.1, -0.05) is 0 Å². The SMILES string of the molecule is Cc1nn(CCC(=O)N2CCNC[C@H]2C)c(C)c1[N+](=O)[O-]. The summed E-state index contributed by atoms with van der Waals surface area (Å²) in [5.41, 5.74) is 0.928. The van der Waals surface area contributed by atoms with E-state index in [2.05, 4.69) is 10.4 Å². The molecular weight excluding hydrogens is 274 g/mol. The van der Waals surface area contributed by atoms with Crippen LogP contribution in [0.25, 0.3) is 0 Å². The van der Waals surface area contributed by atoms with E-state index < -0.39 is 4.92 Å². The fourth-order valence-corrected chi connectivity index (χ4v) is 2.73. The number of nitrogens with one attached hydrogen (secondary N) is 1. The van der Waals surface area contributed by atoms with Gasteiger partial charge in [0.15, 0.2) is 0 Å². The van der Waals surface area contributed by atoms with E-state index in [1.807, 2.05) is 11.8 Å². The van der Waals surface area contributed by atoms with Gasteiger partial charge in [-0.2, -0.15) is 5.10 Å². The fraction of sp³-hybridized carbons (Fsp3) is 0.692. The van der Waals surface area contributed by atoms with Crippen molar-refractivity contribution in [2.75, 3.05) is 19.6 Å². The Hall–Kier alpha value is -1.96. The maximum atomic E-state index is 12.2. The van der Waals surface area contributed by atoms with E-state index in [1.54, 1.807) is 18.5 Å². The molecule has 116 valence electrons. The molecule has 1 aliphatic heterocycles. The number of hydrogen-bond donors (Lipinski definition) is 1. The van der Waals surface area contributed by atoms with E-state index in [0.717, 1.165) is 13.1 Å². The molecule has 0 aromatic carbocycles. The highest BCUT2D eigenvalue weighted by molar-refractivity contribution is 5.76. The van der Waals surface area contributed by atoms with Crippen LogP contribution in [0.15, 0.2) is 0 Å². The summed E-state index contributed by atoms with van der Waals surface area (Å²) in [6, 6.07) is 0.182. The van der Waals surface area contributed by atoms with E-state index in [1.165, 1.54) is 0 Å². The Kier molecular flexibility index (Phi) is 4.56. The summed E-state index contributed by atoms with van der Waals surface area (Å²) in [5.74, 6) is 0.0687. The number of aryl methyl sites for hydroxylation is 2. The molecular formula is C13H21N5O3. The lowest BCUT2D eigenvalue weighted by atomic mass is 10.2. The Morgan fingerprint density at radius 2 is 2.24 bits per heavy atom. The fourth-order valence-electron chi connectivity index (χ4n) is 2.73. The normalized spacial score (nSPS) is 18.8. The van der Waals surface area contributed by atoms with Gasteiger partial charge in [0.25, 0.3) is 0 Å². The molecule has 2 heterocycles. The highest BCUT2D eigenvalue weighted by Crippen LogP contribution is 2.22. The maximum absolute atomic E-state index is 12.2. The lowest BCUT2D eigenvalue weighted by Crippen LogP contribution is -2.52. The molecule has 1 fully saturated rings. The predicted octanol–water partition coefficient (Wildman–Crippen LogP) is 0.619. The predicted molar refractivity (Wildman–Crippen MR) is 77.0 cm³/mol. The molecule has 1 aliphatic rings. The van der Waals surface area contributed by atoms with Crippen LogP contribution in [0.3, 0.4) is 0 Å². The van der Waals surface area contributed by atoms with E-state index in [-0.39, 0.29) is 17.6 Å². The Labute approximate surface area is 123 Å². The van der Waals surface area contributed by atoms with Crippen LogP contribution in [-0.2, 0) is 11.3 Å². The quantitative estimate of drug-likeness (QED) is 0.649. The molecule has 0 aliphatic carbocycles. The zero-order chi connectivity index (χ0) is 15.6. The number of carbonyl (C=O) groups is 1. The first-order valence-corrected chi connectivity index (χ1v) is 7.10. The van der Waals surface area contributed by atoms with Gasteiger partial charge < -0.3 is 10.2 Å². The number of piperazine rings is 1. The second-order valence-corrected chi connectivity index (χ2v) is 5.39. The van der Waals surface area contributed by atoms with Gasteiger partial charge >= 0.3 is 5.69 Å². The van der Waals surface area contributed by atoms with Crippen molar-refractivity contribution in [3.8, 4) is 0 Å². The Morgan fingerprint density at radius 1 is 1.52 bits per heavy atom. The van der Waals surface area contributed by atoms with E-state index in [9.17, 15) is 14.9 Å². The van der Waals surface area contributed by atoms with Crippen molar-refractivity contribution in [2.24, 2.45) is 0 Å². The van der Waals surface area contributed by atoms with Gasteiger partial charge in [0.1, 0.15) is 11.4 Å². The molecule has 1 aromatic heterocycles. The van der Waals surface area contributed by atoms with E-state index in [0.29, 0.717) is 30.9 Å². The first-order valence-electron chi connectivity index (χ1n) is 7.10. The molecule has 0 bridgehead atoms. The molecule has 1 N–H and O–H groups in total. The minimum absolute atomic E-state index is 0.0398. The average Bonchev–Trinajstić information content (AvgIpc) is 2.71. The number of aromatic nitrogens is 2. The third-order valence-corrected chi connectivity index (χ3v) is 3.88. The smallest absolute Gasteiger partial charge is 0.312 e. The standard InChI is InChI=1S/C13H21N5O3/c1-9-8-14-5-7-16(9)12(19)4-6-17-11(3)13(18(20)21)10(2)15-17/h9,14H,4-8H2,1-3H3/t9-/m1/s1. The number of nitro groups is 1. The van der Waals surface area contributed by atoms with Crippen LogP contribution in [-0.4, -0.2) is 51.2 Å². The van der Waals surface area contributed by atoms with Gasteiger partial charge in [0.2, 0.25) is 5.91 Å². The largest absolute Gasteiger partial charge is 0.337 e. The molecule has 2 rings (SSSR count). The summed E-state index contributed by atoms with van der Waals surface area (Å²) < 4.78 is 1.55. The van der Waals surface area contributed by atoms with Crippen molar-refractivity contribution in [3.05, 3.63) is 21.5 Å². The maximum Gasteiger partial charge on any atom is 0.312 e. The van der Waals surface area contributed by atoms with E-state index >= 15 is 0 Å². The van der Waals surface area contributed by atoms with Crippen molar-refractivity contribution in [3.63, 3.8) is 0 Å². The number of rotatable bonds is 4. The summed E-state index contributed by atoms with van der Waals surface area (Å²) in [6.07, 6.45) is 0.309. The van der Waals surface area contributed by atoms with Gasteiger partial charge in [0, 0.05) is 32.1 Å². The van der Waals surface area contributed by atoms with Crippen molar-refractivity contribution < 1.29 is 9.72 Å². The molecule has 0 spiro atoms. The molecule has 0 saturated carbocycles. The summed E-state index contributed by atoms with van der Waals surface area (Å²) in [6.45, 7) is 7.97. The van der Waals surface area contributed by atoms with Crippen molar-refractivity contribution >= 4 is 11.6 Å². The van der Waals surface area contributed by atoms with Crippen LogP contribution in [0, 0.1) is 24.0 Å². The van der Waals surface area contributed by atoms with Crippen molar-refractivity contribution in [2.45, 2.75) is 39.8 Å². The Morgan fingerprint density at radius 3 is 2.81 bits per heavy atom. The zero-order valence-electron chi connectivity index (χ0n) is 12.6. The van der Waals surface area contributed by atoms with Gasteiger partial charge in [-0.15, -0.1) is 0 Å². The lowest BCUT2D eigenvalue weighted by Gasteiger charge is -2.34. The summed E-state index contributed by atoms with van der Waals surface area (Å²) in [4.78, 5) is 24.6. The third kappa shape index (κ3) is 3.21. The molecule has 1 atom stereocenters. The number of amides is 1. The third-order valence-electron chi connectivity index (χ3n) is 3.88. The average molecular weight is 295 g/mol. The van der Waals surface area contributed by atoms with Crippen LogP contribution in [0.4, 0.5) is 5.69 Å². The van der Waals surface area contributed by atoms with Crippen LogP contribution < -0.4 is 5.32 Å². The number of hydrogen-bond acceptors (Lipinski definition) is 5. The Balaban J connectivity index is 2.01. The minimum atomic E-state index is -0.422. The summed E-state index contributed by atoms with van der Waals surface area (Å²) >= 11 is 0. The molecule has 1 saturated heterocycles. The molecule has 21 heavy (non-hydrogen) atoms. The molecule has 8 heteroatoms. The van der Waals surface area contributed by atoms with Gasteiger partial charge in [0.05, 0.1) is 11.5 Å². The molecule has 1 aromatic rings. The summed E-state index contributed by atoms with van der Waals surface area (Å²) in [7, 11) is 0. The van der Waals surface area contributed by atoms with Crippen molar-refractivity contribution in [1.82, 2.24) is 20.0 Å². The van der Waals surface area contributed by atoms with Crippen LogP contribution in [0.5, 0.6) is 0 Å². The second kappa shape index (κ2) is 6.21. The van der Waals surface area contributed by atoms with Gasteiger partial charge in [-0.25, -0.2) is 0 Å². The number of carbonyl (C=O) groups excluding carboxylic acids is 1. The molecule has 1 amide bonds. The lowest BCUT2D eigenvalue weighted by molar-refractivity contribution is -0.386. The highest BCUT2D eigenvalue weighted by atomic mass is 16.6. The van der Waals surface area contributed by atoms with Crippen molar-refractivity contribution in [1.29, 1.82) is 0 Å². The summed E-state index contributed by atoms with van der Waals surface area (Å²) in [5, 5.41) is 18.4. The van der Waals surface area contributed by atoms with E-state index in [4.69, 9.17) is 0 Å². The first-order chi connectivity index (χ1) is 9.91. The van der Waals surface area contributed by atoms with Crippen LogP contribution >= 0.6 is 0 Å². The second-order valence-electron chi connectivity index (χ2n) is 5.39. The topological polar surface area (TPSA) is 93.3 Å². The zero-order valence-corrected chi connectivity index (χ0v) is 12.6. The van der Waals surface area contributed by atoms with Gasteiger partial charge in [-0.05, 0) is 20.8 Å². The molecule has 0 unspecified atom stereocenters.